The molecule has 0 unspecified atom stereocenters. The molecule has 1 fully saturated rings. The number of nitrogens with two attached hydrogens (primary N) is 1. The van der Waals surface area contributed by atoms with Crippen LogP contribution in [0.15, 0.2) is 24.4 Å². The van der Waals surface area contributed by atoms with E-state index in [4.69, 9.17) is 17.3 Å². The van der Waals surface area contributed by atoms with Crippen molar-refractivity contribution in [2.45, 2.75) is 37.5 Å². The topological polar surface area (TPSA) is 41.8 Å². The van der Waals surface area contributed by atoms with Gasteiger partial charge >= 0.3 is 0 Å². The van der Waals surface area contributed by atoms with Crippen molar-refractivity contribution in [1.29, 1.82) is 0 Å². The maximum atomic E-state index is 6.61. The molecule has 18 heavy (non-hydrogen) atoms. The fourth-order valence-electron chi connectivity index (χ4n) is 3.32. The van der Waals surface area contributed by atoms with Gasteiger partial charge in [0.05, 0.1) is 5.02 Å². The lowest BCUT2D eigenvalue weighted by atomic mass is 9.69. The summed E-state index contributed by atoms with van der Waals surface area (Å²) in [6.45, 7) is 0.697. The highest BCUT2D eigenvalue weighted by Gasteiger charge is 2.34. The molecule has 1 aliphatic rings. The van der Waals surface area contributed by atoms with Crippen molar-refractivity contribution in [2.24, 2.45) is 5.73 Å². The fraction of sp³-hybridized carbons (Fsp3) is 0.467. The number of fused-ring (bicyclic) bond motifs is 1. The van der Waals surface area contributed by atoms with E-state index in [0.717, 1.165) is 15.9 Å². The number of nitrogens with one attached hydrogen (secondary N) is 1. The molecule has 1 aromatic carbocycles. The summed E-state index contributed by atoms with van der Waals surface area (Å²) in [7, 11) is 0. The van der Waals surface area contributed by atoms with E-state index in [1.54, 1.807) is 0 Å². The molecular weight excluding hydrogens is 244 g/mol. The number of H-pyrrole nitrogens is 1. The summed E-state index contributed by atoms with van der Waals surface area (Å²) in [6.07, 6.45) is 8.12. The largest absolute Gasteiger partial charge is 0.361 e. The molecule has 1 saturated carbocycles. The molecule has 3 heteroatoms. The summed E-state index contributed by atoms with van der Waals surface area (Å²) in [6, 6.07) is 6.34. The number of halogens is 1. The van der Waals surface area contributed by atoms with Crippen LogP contribution in [-0.2, 0) is 5.41 Å². The lowest BCUT2D eigenvalue weighted by molar-refractivity contribution is 0.301. The van der Waals surface area contributed by atoms with E-state index >= 15 is 0 Å². The average Bonchev–Trinajstić information content (AvgIpc) is 2.89. The molecule has 0 radical (unpaired) electrons. The standard InChI is InChI=1S/C15H19ClN2/c16-14-11-6-9-18-13(11)5-4-12(14)15(10-17)7-2-1-3-8-15/h4-6,9,18H,1-3,7-8,10,17H2. The van der Waals surface area contributed by atoms with Crippen LogP contribution in [0.5, 0.6) is 0 Å². The van der Waals surface area contributed by atoms with Crippen molar-refractivity contribution in [3.8, 4) is 0 Å². The molecule has 2 aromatic rings. The van der Waals surface area contributed by atoms with E-state index in [1.165, 1.54) is 37.7 Å². The zero-order valence-electron chi connectivity index (χ0n) is 10.5. The molecule has 0 spiro atoms. The van der Waals surface area contributed by atoms with Gasteiger partial charge in [0.2, 0.25) is 0 Å². The van der Waals surface area contributed by atoms with Gasteiger partial charge in [0.1, 0.15) is 0 Å². The molecule has 1 aliphatic carbocycles. The third-order valence-electron chi connectivity index (χ3n) is 4.44. The molecule has 0 atom stereocenters. The Morgan fingerprint density at radius 3 is 2.67 bits per heavy atom. The average molecular weight is 263 g/mol. The molecule has 1 aromatic heterocycles. The second-order valence-corrected chi connectivity index (χ2v) is 5.79. The Balaban J connectivity index is 2.14. The maximum absolute atomic E-state index is 6.61. The van der Waals surface area contributed by atoms with Crippen LogP contribution in [0.4, 0.5) is 0 Å². The molecule has 0 aliphatic heterocycles. The highest BCUT2D eigenvalue weighted by molar-refractivity contribution is 6.36. The molecule has 0 bridgehead atoms. The second kappa shape index (κ2) is 4.60. The van der Waals surface area contributed by atoms with Crippen molar-refractivity contribution in [1.82, 2.24) is 4.98 Å². The van der Waals surface area contributed by atoms with Gasteiger partial charge in [-0.05, 0) is 30.5 Å². The van der Waals surface area contributed by atoms with Gasteiger partial charge in [-0.15, -0.1) is 0 Å². The molecular formula is C15H19ClN2. The first-order valence-electron chi connectivity index (χ1n) is 6.73. The summed E-state index contributed by atoms with van der Waals surface area (Å²) >= 11 is 6.61. The van der Waals surface area contributed by atoms with Crippen molar-refractivity contribution < 1.29 is 0 Å². The number of hydrogen-bond acceptors (Lipinski definition) is 1. The van der Waals surface area contributed by atoms with Crippen LogP contribution in [-0.4, -0.2) is 11.5 Å². The molecule has 3 rings (SSSR count). The minimum absolute atomic E-state index is 0.0980. The minimum Gasteiger partial charge on any atom is -0.361 e. The Morgan fingerprint density at radius 1 is 1.17 bits per heavy atom. The minimum atomic E-state index is 0.0980. The molecule has 0 saturated heterocycles. The van der Waals surface area contributed by atoms with Gasteiger partial charge < -0.3 is 10.7 Å². The second-order valence-electron chi connectivity index (χ2n) is 5.41. The highest BCUT2D eigenvalue weighted by atomic mass is 35.5. The van der Waals surface area contributed by atoms with Gasteiger partial charge in [-0.1, -0.05) is 36.9 Å². The Hall–Kier alpha value is -0.990. The Morgan fingerprint density at radius 2 is 1.94 bits per heavy atom. The predicted octanol–water partition coefficient (Wildman–Crippen LogP) is 3.98. The summed E-state index contributed by atoms with van der Waals surface area (Å²) in [5.41, 5.74) is 8.54. The van der Waals surface area contributed by atoms with Crippen molar-refractivity contribution in [3.63, 3.8) is 0 Å². The lowest BCUT2D eigenvalue weighted by Gasteiger charge is -2.37. The molecule has 2 nitrogen and oxygen atoms in total. The third kappa shape index (κ3) is 1.75. The zero-order chi connectivity index (χ0) is 12.6. The summed E-state index contributed by atoms with van der Waals surface area (Å²) < 4.78 is 0. The van der Waals surface area contributed by atoms with Crippen LogP contribution in [0, 0.1) is 0 Å². The summed E-state index contributed by atoms with van der Waals surface area (Å²) in [5, 5.41) is 2.01. The Kier molecular flexibility index (Phi) is 3.08. The number of hydrogen-bond donors (Lipinski definition) is 2. The normalized spacial score (nSPS) is 19.2. The predicted molar refractivity (Wildman–Crippen MR) is 77.1 cm³/mol. The van der Waals surface area contributed by atoms with Crippen LogP contribution in [0.25, 0.3) is 10.9 Å². The first kappa shape index (κ1) is 12.1. The van der Waals surface area contributed by atoms with E-state index in [2.05, 4.69) is 17.1 Å². The molecule has 3 N–H and O–H groups in total. The van der Waals surface area contributed by atoms with Gasteiger partial charge in [-0.25, -0.2) is 0 Å². The van der Waals surface area contributed by atoms with Crippen LogP contribution >= 0.6 is 11.6 Å². The van der Waals surface area contributed by atoms with E-state index in [0.29, 0.717) is 6.54 Å². The number of benzene rings is 1. The van der Waals surface area contributed by atoms with Gasteiger partial charge in [0.15, 0.2) is 0 Å². The van der Waals surface area contributed by atoms with Gasteiger partial charge in [0, 0.05) is 29.1 Å². The molecule has 1 heterocycles. The van der Waals surface area contributed by atoms with Crippen LogP contribution in [0.3, 0.4) is 0 Å². The van der Waals surface area contributed by atoms with Crippen LogP contribution in [0.2, 0.25) is 5.02 Å². The van der Waals surface area contributed by atoms with E-state index in [9.17, 15) is 0 Å². The highest BCUT2D eigenvalue weighted by Crippen LogP contribution is 2.43. The van der Waals surface area contributed by atoms with Crippen molar-refractivity contribution >= 4 is 22.5 Å². The number of aromatic nitrogens is 1. The quantitative estimate of drug-likeness (QED) is 0.845. The zero-order valence-corrected chi connectivity index (χ0v) is 11.3. The van der Waals surface area contributed by atoms with Crippen molar-refractivity contribution in [3.05, 3.63) is 35.0 Å². The number of rotatable bonds is 2. The summed E-state index contributed by atoms with van der Waals surface area (Å²) in [4.78, 5) is 3.21. The van der Waals surface area contributed by atoms with E-state index in [1.807, 2.05) is 12.3 Å². The fourth-order valence-corrected chi connectivity index (χ4v) is 3.75. The van der Waals surface area contributed by atoms with Crippen LogP contribution < -0.4 is 5.73 Å². The molecule has 96 valence electrons. The van der Waals surface area contributed by atoms with Gasteiger partial charge in [0.25, 0.3) is 0 Å². The monoisotopic (exact) mass is 262 g/mol. The maximum Gasteiger partial charge on any atom is 0.0537 e. The summed E-state index contributed by atoms with van der Waals surface area (Å²) in [5.74, 6) is 0. The van der Waals surface area contributed by atoms with Crippen LogP contribution in [0.1, 0.15) is 37.7 Å². The van der Waals surface area contributed by atoms with E-state index < -0.39 is 0 Å². The SMILES string of the molecule is NCC1(c2ccc3[nH]ccc3c2Cl)CCCCC1. The Labute approximate surface area is 113 Å². The Bertz CT molecular complexity index is 553. The first-order chi connectivity index (χ1) is 8.77. The lowest BCUT2D eigenvalue weighted by Crippen LogP contribution is -2.37. The van der Waals surface area contributed by atoms with Gasteiger partial charge in [-0.2, -0.15) is 0 Å². The number of aromatic amines is 1. The smallest absolute Gasteiger partial charge is 0.0537 e. The van der Waals surface area contributed by atoms with E-state index in [-0.39, 0.29) is 5.41 Å². The van der Waals surface area contributed by atoms with Crippen molar-refractivity contribution in [2.75, 3.05) is 6.54 Å². The third-order valence-corrected chi connectivity index (χ3v) is 4.85. The molecule has 0 amide bonds. The first-order valence-corrected chi connectivity index (χ1v) is 7.11. The van der Waals surface area contributed by atoms with Gasteiger partial charge in [-0.3, -0.25) is 0 Å².